The Morgan fingerprint density at radius 2 is 1.81 bits per heavy atom. The summed E-state index contributed by atoms with van der Waals surface area (Å²) >= 11 is 1.49. The van der Waals surface area contributed by atoms with Gasteiger partial charge in [-0.1, -0.05) is 12.1 Å². The Morgan fingerprint density at radius 1 is 1.06 bits per heavy atom. The molecule has 0 bridgehead atoms. The average Bonchev–Trinajstić information content (AvgIpc) is 3.34. The smallest absolute Gasteiger partial charge is 0.252 e. The number of ether oxygens (including phenoxy) is 1. The first-order valence-corrected chi connectivity index (χ1v) is 11.2. The molecule has 0 aliphatic heterocycles. The van der Waals surface area contributed by atoms with Crippen molar-refractivity contribution < 1.29 is 9.53 Å². The molecule has 1 aromatic carbocycles. The highest BCUT2D eigenvalue weighted by Gasteiger charge is 2.16. The standard InChI is InChI=1S/C23H24N6O2S/c1-5-31-19-9-7-6-8-18(19)22-26-17(13-32-22)12-21(30)27-20-11-16(4)28-29(20)23-24-14(2)10-15(3)25-23/h6-11,13H,5,12H2,1-4H3,(H,27,30). The zero-order valence-electron chi connectivity index (χ0n) is 18.4. The van der Waals surface area contributed by atoms with Gasteiger partial charge in [-0.25, -0.2) is 15.0 Å². The Bertz CT molecular complexity index is 1240. The van der Waals surface area contributed by atoms with Gasteiger partial charge in [-0.15, -0.1) is 11.3 Å². The number of aryl methyl sites for hydroxylation is 3. The first kappa shape index (κ1) is 21.6. The third-order valence-electron chi connectivity index (χ3n) is 4.57. The largest absolute Gasteiger partial charge is 0.493 e. The number of rotatable bonds is 7. The van der Waals surface area contributed by atoms with Crippen LogP contribution in [-0.4, -0.2) is 37.2 Å². The van der Waals surface area contributed by atoms with Crippen LogP contribution >= 0.6 is 11.3 Å². The van der Waals surface area contributed by atoms with E-state index in [0.717, 1.165) is 33.4 Å². The van der Waals surface area contributed by atoms with Crippen molar-refractivity contribution >= 4 is 23.1 Å². The van der Waals surface area contributed by atoms with Crippen molar-refractivity contribution in [2.45, 2.75) is 34.1 Å². The molecule has 3 heterocycles. The highest BCUT2D eigenvalue weighted by atomic mass is 32.1. The number of para-hydroxylation sites is 1. The molecular weight excluding hydrogens is 424 g/mol. The summed E-state index contributed by atoms with van der Waals surface area (Å²) in [5.74, 6) is 1.54. The van der Waals surface area contributed by atoms with E-state index in [4.69, 9.17) is 4.74 Å². The molecule has 164 valence electrons. The minimum absolute atomic E-state index is 0.144. The van der Waals surface area contributed by atoms with Gasteiger partial charge in [0.15, 0.2) is 0 Å². The molecular formula is C23H24N6O2S. The van der Waals surface area contributed by atoms with Gasteiger partial charge in [0.1, 0.15) is 16.6 Å². The molecule has 0 saturated heterocycles. The van der Waals surface area contributed by atoms with Crippen LogP contribution in [0.5, 0.6) is 5.75 Å². The van der Waals surface area contributed by atoms with Gasteiger partial charge in [-0.3, -0.25) is 4.79 Å². The minimum atomic E-state index is -0.189. The molecule has 3 aromatic heterocycles. The van der Waals surface area contributed by atoms with Gasteiger partial charge in [0, 0.05) is 22.8 Å². The van der Waals surface area contributed by atoms with Crippen molar-refractivity contribution in [1.29, 1.82) is 0 Å². The number of amides is 1. The molecule has 8 nitrogen and oxygen atoms in total. The second-order valence-corrected chi connectivity index (χ2v) is 8.19. The molecule has 0 aliphatic carbocycles. The summed E-state index contributed by atoms with van der Waals surface area (Å²) in [6, 6.07) is 11.5. The van der Waals surface area contributed by atoms with Gasteiger partial charge in [0.2, 0.25) is 5.91 Å². The maximum Gasteiger partial charge on any atom is 0.252 e. The van der Waals surface area contributed by atoms with E-state index in [2.05, 4.69) is 25.4 Å². The van der Waals surface area contributed by atoms with E-state index in [1.54, 1.807) is 10.7 Å². The zero-order chi connectivity index (χ0) is 22.7. The second kappa shape index (κ2) is 9.27. The molecule has 4 rings (SSSR count). The van der Waals surface area contributed by atoms with Crippen LogP contribution in [0, 0.1) is 20.8 Å². The molecule has 9 heteroatoms. The number of hydrogen-bond donors (Lipinski definition) is 1. The number of aromatic nitrogens is 5. The lowest BCUT2D eigenvalue weighted by molar-refractivity contribution is -0.115. The third-order valence-corrected chi connectivity index (χ3v) is 5.49. The second-order valence-electron chi connectivity index (χ2n) is 7.33. The number of carbonyl (C=O) groups excluding carboxylic acids is 1. The van der Waals surface area contributed by atoms with Gasteiger partial charge >= 0.3 is 0 Å². The van der Waals surface area contributed by atoms with Gasteiger partial charge in [-0.05, 0) is 45.9 Å². The van der Waals surface area contributed by atoms with Crippen LogP contribution in [0.25, 0.3) is 16.5 Å². The zero-order valence-corrected chi connectivity index (χ0v) is 19.2. The maximum atomic E-state index is 12.8. The molecule has 0 atom stereocenters. The number of nitrogens with one attached hydrogen (secondary N) is 1. The fourth-order valence-electron chi connectivity index (χ4n) is 3.33. The van der Waals surface area contributed by atoms with E-state index in [9.17, 15) is 4.79 Å². The van der Waals surface area contributed by atoms with Gasteiger partial charge in [0.05, 0.1) is 30.0 Å². The molecule has 1 N–H and O–H groups in total. The summed E-state index contributed by atoms with van der Waals surface area (Å²) in [5, 5.41) is 10.1. The number of thiazole rings is 1. The summed E-state index contributed by atoms with van der Waals surface area (Å²) in [6.07, 6.45) is 0.144. The molecule has 0 unspecified atom stereocenters. The molecule has 0 saturated carbocycles. The summed E-state index contributed by atoms with van der Waals surface area (Å²) in [4.78, 5) is 26.3. The highest BCUT2D eigenvalue weighted by molar-refractivity contribution is 7.13. The summed E-state index contributed by atoms with van der Waals surface area (Å²) < 4.78 is 7.25. The SMILES string of the molecule is CCOc1ccccc1-c1nc(CC(=O)Nc2cc(C)nn2-c2nc(C)cc(C)n2)cs1. The summed E-state index contributed by atoms with van der Waals surface area (Å²) in [7, 11) is 0. The molecule has 1 amide bonds. The summed E-state index contributed by atoms with van der Waals surface area (Å²) in [6.45, 7) is 8.18. The van der Waals surface area contributed by atoms with E-state index in [1.807, 2.05) is 63.4 Å². The Balaban J connectivity index is 1.51. The van der Waals surface area contributed by atoms with Crippen molar-refractivity contribution in [3.63, 3.8) is 0 Å². The molecule has 0 aliphatic rings. The first-order chi connectivity index (χ1) is 15.4. The Hall–Kier alpha value is -3.59. The van der Waals surface area contributed by atoms with Crippen molar-refractivity contribution in [2.75, 3.05) is 11.9 Å². The Kier molecular flexibility index (Phi) is 6.27. The lowest BCUT2D eigenvalue weighted by atomic mass is 10.2. The molecule has 4 aromatic rings. The lowest BCUT2D eigenvalue weighted by Gasteiger charge is -2.08. The quantitative estimate of drug-likeness (QED) is 0.453. The topological polar surface area (TPSA) is 94.8 Å². The van der Waals surface area contributed by atoms with Crippen molar-refractivity contribution in [2.24, 2.45) is 0 Å². The highest BCUT2D eigenvalue weighted by Crippen LogP contribution is 2.32. The number of benzene rings is 1. The number of nitrogens with zero attached hydrogens (tertiary/aromatic N) is 5. The van der Waals surface area contributed by atoms with Crippen LogP contribution in [0.1, 0.15) is 29.7 Å². The van der Waals surface area contributed by atoms with Crippen LogP contribution in [0.15, 0.2) is 41.8 Å². The maximum absolute atomic E-state index is 12.8. The van der Waals surface area contributed by atoms with Crippen LogP contribution in [0.2, 0.25) is 0 Å². The van der Waals surface area contributed by atoms with Crippen LogP contribution in [0.3, 0.4) is 0 Å². The average molecular weight is 449 g/mol. The Labute approximate surface area is 190 Å². The Morgan fingerprint density at radius 3 is 2.56 bits per heavy atom. The molecule has 0 radical (unpaired) electrons. The van der Waals surface area contributed by atoms with E-state index in [-0.39, 0.29) is 12.3 Å². The van der Waals surface area contributed by atoms with E-state index in [1.165, 1.54) is 11.3 Å². The predicted octanol–water partition coefficient (Wildman–Crippen LogP) is 4.29. The van der Waals surface area contributed by atoms with Crippen molar-refractivity contribution in [1.82, 2.24) is 24.7 Å². The number of anilines is 1. The number of hydrogen-bond acceptors (Lipinski definition) is 7. The monoisotopic (exact) mass is 448 g/mol. The fourth-order valence-corrected chi connectivity index (χ4v) is 4.18. The third kappa shape index (κ3) is 4.83. The van der Waals surface area contributed by atoms with Crippen LogP contribution < -0.4 is 10.1 Å². The van der Waals surface area contributed by atoms with Crippen LogP contribution in [-0.2, 0) is 11.2 Å². The first-order valence-electron chi connectivity index (χ1n) is 10.3. The molecule has 0 spiro atoms. The molecule has 32 heavy (non-hydrogen) atoms. The van der Waals surface area contributed by atoms with E-state index < -0.39 is 0 Å². The lowest BCUT2D eigenvalue weighted by Crippen LogP contribution is -2.18. The normalized spacial score (nSPS) is 10.9. The summed E-state index contributed by atoms with van der Waals surface area (Å²) in [5.41, 5.74) is 4.04. The van der Waals surface area contributed by atoms with Crippen molar-refractivity contribution in [3.8, 4) is 22.3 Å². The minimum Gasteiger partial charge on any atom is -0.493 e. The van der Waals surface area contributed by atoms with Gasteiger partial charge < -0.3 is 10.1 Å². The van der Waals surface area contributed by atoms with Gasteiger partial charge in [-0.2, -0.15) is 9.78 Å². The van der Waals surface area contributed by atoms with Crippen molar-refractivity contribution in [3.05, 3.63) is 64.6 Å². The van der Waals surface area contributed by atoms with Gasteiger partial charge in [0.25, 0.3) is 5.95 Å². The van der Waals surface area contributed by atoms with E-state index >= 15 is 0 Å². The van der Waals surface area contributed by atoms with E-state index in [0.29, 0.717) is 24.1 Å². The molecule has 0 fully saturated rings. The fraction of sp³-hybridized carbons (Fsp3) is 0.261. The van der Waals surface area contributed by atoms with Crippen LogP contribution in [0.4, 0.5) is 5.82 Å². The predicted molar refractivity (Wildman–Crippen MR) is 124 cm³/mol. The number of carbonyl (C=O) groups is 1.